The minimum atomic E-state index is -4.99. The zero-order valence-electron chi connectivity index (χ0n) is 28.1. The van der Waals surface area contributed by atoms with Gasteiger partial charge in [-0.05, 0) is 67.4 Å². The van der Waals surface area contributed by atoms with E-state index in [2.05, 4.69) is 0 Å². The fourth-order valence-corrected chi connectivity index (χ4v) is 7.83. The predicted molar refractivity (Wildman–Crippen MR) is 164 cm³/mol. The molecule has 18 nitrogen and oxygen atoms in total. The van der Waals surface area contributed by atoms with Crippen molar-refractivity contribution in [1.82, 2.24) is 0 Å². The highest BCUT2D eigenvalue weighted by molar-refractivity contribution is 7.72. The number of carbonyl (C=O) groups is 4. The molecule has 1 aromatic rings. The first-order valence-corrected chi connectivity index (χ1v) is 17.8. The Labute approximate surface area is 278 Å². The first kappa shape index (κ1) is 42.6. The highest BCUT2D eigenvalue weighted by atomic mass is 31.2. The van der Waals surface area contributed by atoms with E-state index >= 15 is 0 Å². The van der Waals surface area contributed by atoms with Crippen molar-refractivity contribution in [3.05, 3.63) is 35.9 Å². The largest absolute Gasteiger partial charge is 0.510 e. The van der Waals surface area contributed by atoms with Crippen LogP contribution in [0, 0.1) is 0 Å². The summed E-state index contributed by atoms with van der Waals surface area (Å²) in [5.41, 5.74) is 0.378. The molecule has 0 bridgehead atoms. The van der Waals surface area contributed by atoms with Gasteiger partial charge in [0.2, 0.25) is 27.2 Å². The zero-order chi connectivity index (χ0) is 36.3. The van der Waals surface area contributed by atoms with Gasteiger partial charge in [-0.1, -0.05) is 30.3 Å². The molecule has 0 aliphatic carbocycles. The second kappa shape index (κ2) is 21.5. The fourth-order valence-electron chi connectivity index (χ4n) is 3.14. The lowest BCUT2D eigenvalue weighted by Gasteiger charge is -2.31. The second-order valence-corrected chi connectivity index (χ2v) is 15.3. The standard InChI is InChI=1S/C28H44O18P2/c1-19(2)43-25(29)35-15-39-47(33,40-16-36-26(30)44-20(3)4)24(14-23-12-10-9-11-13-23)48(34,41-17-37-27(31)45-21(5)6)42-18-38-28(32)46-22(7)8/h9-13,19-22,24H,14-18H2,1-8H3. The molecule has 48 heavy (non-hydrogen) atoms. The van der Waals surface area contributed by atoms with Crippen molar-refractivity contribution in [2.24, 2.45) is 0 Å². The Morgan fingerprint density at radius 1 is 0.500 bits per heavy atom. The average molecular weight is 731 g/mol. The van der Waals surface area contributed by atoms with E-state index in [9.17, 15) is 28.3 Å². The van der Waals surface area contributed by atoms with Crippen LogP contribution in [-0.4, -0.2) is 81.6 Å². The SMILES string of the molecule is CC(C)OC(=O)OCOP(=O)(OCOC(=O)OC(C)C)C(Cc1ccccc1)P(=O)(OCOC(=O)OC(C)C)OCOC(=O)OC(C)C. The molecule has 0 N–H and O–H groups in total. The molecule has 0 aromatic heterocycles. The maximum absolute atomic E-state index is 14.6. The van der Waals surface area contributed by atoms with Crippen LogP contribution in [0.5, 0.6) is 0 Å². The van der Waals surface area contributed by atoms with E-state index < -0.39 is 103 Å². The summed E-state index contributed by atoms with van der Waals surface area (Å²) in [5, 5.41) is -1.99. The molecule has 0 fully saturated rings. The third kappa shape index (κ3) is 17.7. The van der Waals surface area contributed by atoms with Gasteiger partial charge in [0.25, 0.3) is 0 Å². The predicted octanol–water partition coefficient (Wildman–Crippen LogP) is 7.08. The summed E-state index contributed by atoms with van der Waals surface area (Å²) < 4.78 is 89.3. The third-order valence-electron chi connectivity index (χ3n) is 4.96. The average Bonchev–Trinajstić information content (AvgIpc) is 2.94. The van der Waals surface area contributed by atoms with Gasteiger partial charge in [0.05, 0.1) is 24.4 Å². The van der Waals surface area contributed by atoms with Crippen LogP contribution in [0.25, 0.3) is 0 Å². The van der Waals surface area contributed by atoms with Gasteiger partial charge in [-0.2, -0.15) is 0 Å². The molecule has 0 saturated carbocycles. The monoisotopic (exact) mass is 730 g/mol. The summed E-state index contributed by atoms with van der Waals surface area (Å²) in [6, 6.07) is 8.00. The number of hydrogen-bond acceptors (Lipinski definition) is 18. The number of ether oxygens (including phenoxy) is 8. The van der Waals surface area contributed by atoms with Gasteiger partial charge in [0.15, 0.2) is 5.40 Å². The molecular formula is C28H44O18P2. The van der Waals surface area contributed by atoms with E-state index in [4.69, 9.17) is 56.0 Å². The lowest BCUT2D eigenvalue weighted by molar-refractivity contribution is -0.0334. The molecule has 0 aliphatic heterocycles. The molecule has 0 unspecified atom stereocenters. The summed E-state index contributed by atoms with van der Waals surface area (Å²) in [5.74, 6) is 0. The second-order valence-electron chi connectivity index (χ2n) is 10.5. The summed E-state index contributed by atoms with van der Waals surface area (Å²) in [6.07, 6.45) is -7.64. The number of rotatable bonds is 20. The molecule has 20 heteroatoms. The molecule has 0 amide bonds. The van der Waals surface area contributed by atoms with E-state index in [0.717, 1.165) is 0 Å². The maximum Gasteiger partial charge on any atom is 0.510 e. The van der Waals surface area contributed by atoms with Crippen LogP contribution in [0.15, 0.2) is 30.3 Å². The Bertz CT molecular complexity index is 1100. The molecule has 0 radical (unpaired) electrons. The highest BCUT2D eigenvalue weighted by Gasteiger charge is 2.52. The molecule has 0 heterocycles. The van der Waals surface area contributed by atoms with Crippen molar-refractivity contribution < 1.29 is 84.3 Å². The van der Waals surface area contributed by atoms with Crippen LogP contribution < -0.4 is 0 Å². The lowest BCUT2D eigenvalue weighted by Crippen LogP contribution is -2.25. The van der Waals surface area contributed by atoms with Crippen molar-refractivity contribution in [3.8, 4) is 0 Å². The molecule has 1 aromatic carbocycles. The van der Waals surface area contributed by atoms with Gasteiger partial charge in [-0.3, -0.25) is 27.2 Å². The van der Waals surface area contributed by atoms with E-state index in [1.807, 2.05) is 0 Å². The van der Waals surface area contributed by atoms with Crippen LogP contribution in [0.2, 0.25) is 0 Å². The molecule has 0 saturated heterocycles. The fraction of sp³-hybridized carbons (Fsp3) is 0.643. The van der Waals surface area contributed by atoms with Gasteiger partial charge in [0.1, 0.15) is 0 Å². The zero-order valence-corrected chi connectivity index (χ0v) is 29.8. The Morgan fingerprint density at radius 2 is 0.771 bits per heavy atom. The van der Waals surface area contributed by atoms with Crippen LogP contribution in [0.1, 0.15) is 61.0 Å². The van der Waals surface area contributed by atoms with Crippen molar-refractivity contribution >= 4 is 39.8 Å². The Morgan fingerprint density at radius 3 is 1.02 bits per heavy atom. The lowest BCUT2D eigenvalue weighted by atomic mass is 10.2. The summed E-state index contributed by atoms with van der Waals surface area (Å²) in [4.78, 5) is 48.0. The molecule has 274 valence electrons. The van der Waals surface area contributed by atoms with Gasteiger partial charge in [0, 0.05) is 0 Å². The number of benzene rings is 1. The van der Waals surface area contributed by atoms with E-state index in [1.54, 1.807) is 85.7 Å². The van der Waals surface area contributed by atoms with E-state index in [0.29, 0.717) is 5.56 Å². The normalized spacial score (nSPS) is 11.9. The van der Waals surface area contributed by atoms with Crippen LogP contribution in [-0.2, 0) is 71.5 Å². The van der Waals surface area contributed by atoms with Crippen LogP contribution in [0.3, 0.4) is 0 Å². The Balaban J connectivity index is 3.56. The molecule has 0 spiro atoms. The molecular weight excluding hydrogens is 686 g/mol. The van der Waals surface area contributed by atoms with Crippen LogP contribution in [0.4, 0.5) is 19.2 Å². The first-order valence-electron chi connectivity index (χ1n) is 14.6. The summed E-state index contributed by atoms with van der Waals surface area (Å²) >= 11 is 0. The van der Waals surface area contributed by atoms with E-state index in [1.165, 1.54) is 0 Å². The first-order chi connectivity index (χ1) is 22.5. The van der Waals surface area contributed by atoms with Gasteiger partial charge in [-0.15, -0.1) is 0 Å². The Hall–Kier alpha value is -3.40. The Kier molecular flexibility index (Phi) is 19.1. The highest BCUT2D eigenvalue weighted by Crippen LogP contribution is 2.71. The van der Waals surface area contributed by atoms with Crippen molar-refractivity contribution in [2.45, 2.75) is 91.6 Å². The third-order valence-corrected chi connectivity index (χ3v) is 10.3. The molecule has 0 aliphatic rings. The van der Waals surface area contributed by atoms with Gasteiger partial charge >= 0.3 is 39.8 Å². The minimum Gasteiger partial charge on any atom is -0.432 e. The minimum absolute atomic E-state index is 0.378. The number of carbonyl (C=O) groups excluding carboxylic acids is 4. The molecule has 0 atom stereocenters. The summed E-state index contributed by atoms with van der Waals surface area (Å²) in [7, 11) is -9.98. The number of hydrogen-bond donors (Lipinski definition) is 0. The van der Waals surface area contributed by atoms with Crippen molar-refractivity contribution in [1.29, 1.82) is 0 Å². The maximum atomic E-state index is 14.6. The van der Waals surface area contributed by atoms with Gasteiger partial charge < -0.3 is 37.9 Å². The van der Waals surface area contributed by atoms with Crippen LogP contribution >= 0.6 is 15.2 Å². The molecule has 1 rings (SSSR count). The topological polar surface area (TPSA) is 213 Å². The van der Waals surface area contributed by atoms with E-state index in [-0.39, 0.29) is 0 Å². The van der Waals surface area contributed by atoms with Crippen molar-refractivity contribution in [3.63, 3.8) is 0 Å². The van der Waals surface area contributed by atoms with Gasteiger partial charge in [-0.25, -0.2) is 19.2 Å². The quantitative estimate of drug-likeness (QED) is 0.0567. The van der Waals surface area contributed by atoms with Crippen molar-refractivity contribution in [2.75, 3.05) is 27.2 Å². The summed E-state index contributed by atoms with van der Waals surface area (Å²) in [6.45, 7) is 8.02. The smallest absolute Gasteiger partial charge is 0.432 e.